The zero-order chi connectivity index (χ0) is 17.2. The number of aromatic nitrogens is 2. The molecule has 1 heterocycles. The van der Waals surface area contributed by atoms with E-state index in [0.717, 1.165) is 12.8 Å². The van der Waals surface area contributed by atoms with Crippen LogP contribution < -0.4 is 10.1 Å². The Balaban J connectivity index is 1.76. The highest BCUT2D eigenvalue weighted by Gasteiger charge is 2.33. The third-order valence-electron chi connectivity index (χ3n) is 3.78. The van der Waals surface area contributed by atoms with E-state index in [0.29, 0.717) is 23.0 Å². The lowest BCUT2D eigenvalue weighted by Crippen LogP contribution is -2.25. The summed E-state index contributed by atoms with van der Waals surface area (Å²) < 4.78 is 47.3. The molecule has 0 saturated heterocycles. The Morgan fingerprint density at radius 1 is 1.29 bits per heavy atom. The van der Waals surface area contributed by atoms with Crippen molar-refractivity contribution in [3.8, 4) is 17.1 Å². The lowest BCUT2D eigenvalue weighted by atomic mass is 10.2. The highest BCUT2D eigenvalue weighted by molar-refractivity contribution is 9.10. The number of alkyl halides is 3. The van der Waals surface area contributed by atoms with Crippen LogP contribution in [0.3, 0.4) is 0 Å². The zero-order valence-electron chi connectivity index (χ0n) is 12.6. The molecule has 24 heavy (non-hydrogen) atoms. The van der Waals surface area contributed by atoms with Crippen molar-refractivity contribution in [2.24, 2.45) is 0 Å². The van der Waals surface area contributed by atoms with E-state index in [2.05, 4.69) is 36.1 Å². The number of rotatable bonds is 5. The molecule has 5 nitrogen and oxygen atoms in total. The van der Waals surface area contributed by atoms with Gasteiger partial charge in [-0.1, -0.05) is 33.9 Å². The molecular weight excluding hydrogens is 391 g/mol. The molecule has 1 aromatic carbocycles. The Bertz CT molecular complexity index is 700. The van der Waals surface area contributed by atoms with Crippen LogP contribution in [0.5, 0.6) is 5.75 Å². The van der Waals surface area contributed by atoms with Gasteiger partial charge in [0, 0.05) is 10.5 Å². The van der Waals surface area contributed by atoms with Crippen LogP contribution in [0.4, 0.5) is 13.2 Å². The van der Waals surface area contributed by atoms with E-state index in [9.17, 15) is 13.2 Å². The number of hydrogen-bond acceptors (Lipinski definition) is 5. The smallest absolute Gasteiger partial charge is 0.405 e. The van der Waals surface area contributed by atoms with E-state index >= 15 is 0 Å². The van der Waals surface area contributed by atoms with Crippen LogP contribution in [0, 0.1) is 0 Å². The number of nitrogens with zero attached hydrogens (tertiary/aromatic N) is 2. The first kappa shape index (κ1) is 17.2. The van der Waals surface area contributed by atoms with E-state index in [4.69, 9.17) is 4.52 Å². The Hall–Kier alpha value is -1.61. The average Bonchev–Trinajstić information content (AvgIpc) is 3.15. The second kappa shape index (κ2) is 7.10. The molecule has 0 unspecified atom stereocenters. The number of hydrogen-bond donors (Lipinski definition) is 1. The summed E-state index contributed by atoms with van der Waals surface area (Å²) in [7, 11) is 0. The molecule has 1 fully saturated rings. The summed E-state index contributed by atoms with van der Waals surface area (Å²) in [5.41, 5.74) is 0.117. The Morgan fingerprint density at radius 3 is 2.75 bits per heavy atom. The highest BCUT2D eigenvalue weighted by Crippen LogP contribution is 2.34. The fourth-order valence-corrected chi connectivity index (χ4v) is 3.03. The van der Waals surface area contributed by atoms with E-state index in [1.807, 2.05) is 0 Å². The predicted octanol–water partition coefficient (Wildman–Crippen LogP) is 4.43. The van der Waals surface area contributed by atoms with Crippen LogP contribution >= 0.6 is 15.9 Å². The maximum Gasteiger partial charge on any atom is 0.573 e. The topological polar surface area (TPSA) is 60.2 Å². The van der Waals surface area contributed by atoms with Crippen LogP contribution in [0.2, 0.25) is 0 Å². The van der Waals surface area contributed by atoms with Crippen molar-refractivity contribution < 1.29 is 22.4 Å². The number of benzene rings is 1. The van der Waals surface area contributed by atoms with Gasteiger partial charge in [-0.15, -0.1) is 13.2 Å². The molecule has 3 rings (SSSR count). The van der Waals surface area contributed by atoms with Gasteiger partial charge >= 0.3 is 6.36 Å². The molecule has 1 aliphatic carbocycles. The van der Waals surface area contributed by atoms with Crippen LogP contribution in [-0.2, 0) is 6.54 Å². The number of halogens is 4. The standard InChI is InChI=1S/C15H15BrF3N3O2/c16-9-5-6-11(12(7-9)23-15(17,18)19)14-21-13(24-22-14)8-20-10-3-1-2-4-10/h5-7,10,20H,1-4,8H2. The summed E-state index contributed by atoms with van der Waals surface area (Å²) >= 11 is 3.12. The quantitative estimate of drug-likeness (QED) is 0.796. The van der Waals surface area contributed by atoms with E-state index in [-0.39, 0.29) is 17.1 Å². The third-order valence-corrected chi connectivity index (χ3v) is 4.27. The molecule has 0 spiro atoms. The minimum Gasteiger partial charge on any atom is -0.405 e. The molecular formula is C15H15BrF3N3O2. The molecule has 1 saturated carbocycles. The van der Waals surface area contributed by atoms with Gasteiger partial charge in [-0.2, -0.15) is 4.98 Å². The van der Waals surface area contributed by atoms with Gasteiger partial charge < -0.3 is 14.6 Å². The second-order valence-electron chi connectivity index (χ2n) is 5.56. The molecule has 0 bridgehead atoms. The third kappa shape index (κ3) is 4.47. The minimum atomic E-state index is -4.80. The van der Waals surface area contributed by atoms with Crippen LogP contribution in [0.15, 0.2) is 27.2 Å². The van der Waals surface area contributed by atoms with Gasteiger partial charge in [0.05, 0.1) is 12.1 Å². The summed E-state index contributed by atoms with van der Waals surface area (Å²) in [6.07, 6.45) is -0.186. The molecule has 0 aliphatic heterocycles. The molecule has 130 valence electrons. The van der Waals surface area contributed by atoms with Crippen molar-refractivity contribution in [2.75, 3.05) is 0 Å². The van der Waals surface area contributed by atoms with Gasteiger partial charge in [-0.25, -0.2) is 0 Å². The van der Waals surface area contributed by atoms with E-state index in [1.165, 1.54) is 25.0 Å². The van der Waals surface area contributed by atoms with Gasteiger partial charge in [0.1, 0.15) is 5.75 Å². The van der Waals surface area contributed by atoms with E-state index in [1.54, 1.807) is 6.07 Å². The van der Waals surface area contributed by atoms with Crippen LogP contribution in [0.1, 0.15) is 31.6 Å². The highest BCUT2D eigenvalue weighted by atomic mass is 79.9. The molecule has 1 N–H and O–H groups in total. The fraction of sp³-hybridized carbons (Fsp3) is 0.467. The molecule has 2 aromatic rings. The minimum absolute atomic E-state index is 0.0602. The average molecular weight is 406 g/mol. The van der Waals surface area contributed by atoms with Gasteiger partial charge in [-0.05, 0) is 31.0 Å². The fourth-order valence-electron chi connectivity index (χ4n) is 2.69. The first-order valence-corrected chi connectivity index (χ1v) is 8.32. The van der Waals surface area contributed by atoms with Gasteiger partial charge in [-0.3, -0.25) is 0 Å². The van der Waals surface area contributed by atoms with E-state index < -0.39 is 6.36 Å². The Morgan fingerprint density at radius 2 is 2.04 bits per heavy atom. The van der Waals surface area contributed by atoms with Crippen molar-refractivity contribution in [3.63, 3.8) is 0 Å². The molecule has 0 atom stereocenters. The largest absolute Gasteiger partial charge is 0.573 e. The molecule has 0 radical (unpaired) electrons. The summed E-state index contributed by atoms with van der Waals surface area (Å²) in [5.74, 6) is 0.00993. The summed E-state index contributed by atoms with van der Waals surface area (Å²) in [6, 6.07) is 4.68. The van der Waals surface area contributed by atoms with Gasteiger partial charge in [0.15, 0.2) is 0 Å². The SMILES string of the molecule is FC(F)(F)Oc1cc(Br)ccc1-c1noc(CNC2CCCC2)n1. The van der Waals surface area contributed by atoms with Crippen LogP contribution in [-0.4, -0.2) is 22.5 Å². The molecule has 1 aliphatic rings. The summed E-state index contributed by atoms with van der Waals surface area (Å²) in [4.78, 5) is 4.16. The Labute approximate surface area is 144 Å². The molecule has 1 aromatic heterocycles. The van der Waals surface area contributed by atoms with Gasteiger partial charge in [0.2, 0.25) is 11.7 Å². The van der Waals surface area contributed by atoms with Crippen LogP contribution in [0.25, 0.3) is 11.4 Å². The lowest BCUT2D eigenvalue weighted by molar-refractivity contribution is -0.274. The van der Waals surface area contributed by atoms with Crippen molar-refractivity contribution in [1.29, 1.82) is 0 Å². The van der Waals surface area contributed by atoms with Gasteiger partial charge in [0.25, 0.3) is 0 Å². The first-order chi connectivity index (χ1) is 11.4. The van der Waals surface area contributed by atoms with Crippen molar-refractivity contribution in [2.45, 2.75) is 44.6 Å². The second-order valence-corrected chi connectivity index (χ2v) is 6.48. The number of nitrogens with one attached hydrogen (secondary N) is 1. The predicted molar refractivity (Wildman–Crippen MR) is 83.2 cm³/mol. The van der Waals surface area contributed by atoms with Crippen molar-refractivity contribution in [3.05, 3.63) is 28.6 Å². The molecule has 9 heteroatoms. The Kier molecular flexibility index (Phi) is 5.09. The van der Waals surface area contributed by atoms with Crippen molar-refractivity contribution in [1.82, 2.24) is 15.5 Å². The lowest BCUT2D eigenvalue weighted by Gasteiger charge is -2.11. The molecule has 0 amide bonds. The summed E-state index contributed by atoms with van der Waals surface area (Å²) in [5, 5.41) is 7.07. The normalized spacial score (nSPS) is 15.8. The summed E-state index contributed by atoms with van der Waals surface area (Å²) in [6.45, 7) is 0.393. The maximum absolute atomic E-state index is 12.6. The monoisotopic (exact) mass is 405 g/mol. The maximum atomic E-state index is 12.6. The zero-order valence-corrected chi connectivity index (χ0v) is 14.2. The van der Waals surface area contributed by atoms with Crippen molar-refractivity contribution >= 4 is 15.9 Å². The number of ether oxygens (including phenoxy) is 1. The first-order valence-electron chi connectivity index (χ1n) is 7.52.